The average molecular weight is 289 g/mol. The van der Waals surface area contributed by atoms with E-state index >= 15 is 0 Å². The molecule has 2 aromatic heterocycles. The van der Waals surface area contributed by atoms with E-state index in [-0.39, 0.29) is 0 Å². The van der Waals surface area contributed by atoms with E-state index < -0.39 is 0 Å². The highest BCUT2D eigenvalue weighted by Gasteiger charge is 2.10. The molecule has 17 heavy (non-hydrogen) atoms. The van der Waals surface area contributed by atoms with Gasteiger partial charge in [-0.05, 0) is 18.2 Å². The van der Waals surface area contributed by atoms with E-state index in [1.165, 1.54) is 6.33 Å². The molecular weight excluding hydrogens is 280 g/mol. The monoisotopic (exact) mass is 288 g/mol. The second-order valence-corrected chi connectivity index (χ2v) is 4.68. The summed E-state index contributed by atoms with van der Waals surface area (Å²) in [6, 6.07) is 6.11. The zero-order valence-corrected chi connectivity index (χ0v) is 10.7. The van der Waals surface area contributed by atoms with Crippen LogP contribution in [-0.4, -0.2) is 19.7 Å². The number of benzene rings is 1. The predicted octanol–water partition coefficient (Wildman–Crippen LogP) is 2.79. The van der Waals surface area contributed by atoms with E-state index in [2.05, 4.69) is 37.1 Å². The second kappa shape index (κ2) is 3.92. The fourth-order valence-electron chi connectivity index (χ4n) is 1.87. The minimum absolute atomic E-state index is 0.907. The van der Waals surface area contributed by atoms with Crippen molar-refractivity contribution in [1.29, 1.82) is 0 Å². The lowest BCUT2D eigenvalue weighted by molar-refractivity contribution is 0.800. The molecule has 3 aromatic rings. The van der Waals surface area contributed by atoms with Crippen LogP contribution >= 0.6 is 15.9 Å². The maximum absolute atomic E-state index is 4.52. The van der Waals surface area contributed by atoms with Gasteiger partial charge in [-0.3, -0.25) is 4.68 Å². The second-order valence-electron chi connectivity index (χ2n) is 3.76. The highest BCUT2D eigenvalue weighted by atomic mass is 79.9. The summed E-state index contributed by atoms with van der Waals surface area (Å²) in [7, 11) is 1.93. The van der Waals surface area contributed by atoms with E-state index in [1.807, 2.05) is 23.9 Å². The summed E-state index contributed by atoms with van der Waals surface area (Å²) in [5, 5.41) is 5.61. The van der Waals surface area contributed by atoms with Gasteiger partial charge in [0.25, 0.3) is 0 Å². The van der Waals surface area contributed by atoms with Crippen LogP contribution in [0.4, 0.5) is 0 Å². The first-order valence-corrected chi connectivity index (χ1v) is 5.92. The molecule has 0 fully saturated rings. The Bertz CT molecular complexity index is 676. The quantitative estimate of drug-likeness (QED) is 0.692. The summed E-state index contributed by atoms with van der Waals surface area (Å²) in [6.07, 6.45) is 5.07. The fourth-order valence-corrected chi connectivity index (χ4v) is 2.23. The van der Waals surface area contributed by atoms with Crippen molar-refractivity contribution in [2.45, 2.75) is 0 Å². The Morgan fingerprint density at radius 3 is 2.71 bits per heavy atom. The zero-order chi connectivity index (χ0) is 11.8. The SMILES string of the molecule is Cn1nc(-c2cncnc2)c2cc(Br)ccc21. The van der Waals surface area contributed by atoms with Crippen LogP contribution in [0.1, 0.15) is 0 Å². The Balaban J connectivity index is 2.34. The summed E-state index contributed by atoms with van der Waals surface area (Å²) in [5.74, 6) is 0. The van der Waals surface area contributed by atoms with Gasteiger partial charge in [0.15, 0.2) is 0 Å². The van der Waals surface area contributed by atoms with E-state index in [0.717, 1.165) is 26.6 Å². The lowest BCUT2D eigenvalue weighted by Gasteiger charge is -1.96. The number of aryl methyl sites for hydroxylation is 1. The van der Waals surface area contributed by atoms with Crippen LogP contribution in [0.2, 0.25) is 0 Å². The van der Waals surface area contributed by atoms with Crippen molar-refractivity contribution >= 4 is 26.8 Å². The Morgan fingerprint density at radius 1 is 1.18 bits per heavy atom. The summed E-state index contributed by atoms with van der Waals surface area (Å²) in [4.78, 5) is 8.05. The molecule has 0 unspecified atom stereocenters. The molecule has 1 aromatic carbocycles. The Kier molecular flexibility index (Phi) is 2.40. The van der Waals surface area contributed by atoms with Gasteiger partial charge in [-0.15, -0.1) is 0 Å². The van der Waals surface area contributed by atoms with Crippen LogP contribution in [-0.2, 0) is 7.05 Å². The minimum Gasteiger partial charge on any atom is -0.267 e. The summed E-state index contributed by atoms with van der Waals surface area (Å²) in [5.41, 5.74) is 2.92. The summed E-state index contributed by atoms with van der Waals surface area (Å²) >= 11 is 3.48. The summed E-state index contributed by atoms with van der Waals surface area (Å²) in [6.45, 7) is 0. The third-order valence-corrected chi connectivity index (χ3v) is 3.14. The molecule has 5 heteroatoms. The van der Waals surface area contributed by atoms with Gasteiger partial charge in [-0.2, -0.15) is 5.10 Å². The van der Waals surface area contributed by atoms with Gasteiger partial charge in [0.1, 0.15) is 12.0 Å². The van der Waals surface area contributed by atoms with E-state index in [1.54, 1.807) is 12.4 Å². The van der Waals surface area contributed by atoms with Gasteiger partial charge >= 0.3 is 0 Å². The van der Waals surface area contributed by atoms with Crippen molar-refractivity contribution in [1.82, 2.24) is 19.7 Å². The van der Waals surface area contributed by atoms with Crippen LogP contribution in [0.15, 0.2) is 41.4 Å². The standard InChI is InChI=1S/C12H9BrN4/c1-17-11-3-2-9(13)4-10(11)12(16-17)8-5-14-7-15-6-8/h2-7H,1H3. The van der Waals surface area contributed by atoms with E-state index in [4.69, 9.17) is 0 Å². The third kappa shape index (κ3) is 1.72. The third-order valence-electron chi connectivity index (χ3n) is 2.65. The van der Waals surface area contributed by atoms with Crippen molar-refractivity contribution in [3.8, 4) is 11.3 Å². The molecule has 0 amide bonds. The highest BCUT2D eigenvalue weighted by molar-refractivity contribution is 9.10. The molecule has 0 spiro atoms. The molecule has 0 radical (unpaired) electrons. The summed E-state index contributed by atoms with van der Waals surface area (Å²) < 4.78 is 2.90. The molecule has 0 aliphatic carbocycles. The smallest absolute Gasteiger partial charge is 0.115 e. The van der Waals surface area contributed by atoms with E-state index in [0.29, 0.717) is 0 Å². The zero-order valence-electron chi connectivity index (χ0n) is 9.13. The molecule has 0 saturated heterocycles. The first kappa shape index (κ1) is 10.4. The van der Waals surface area contributed by atoms with Crippen LogP contribution in [0.3, 0.4) is 0 Å². The lowest BCUT2D eigenvalue weighted by atomic mass is 10.1. The number of rotatable bonds is 1. The van der Waals surface area contributed by atoms with Crippen LogP contribution in [0.25, 0.3) is 22.2 Å². The topological polar surface area (TPSA) is 43.6 Å². The number of hydrogen-bond acceptors (Lipinski definition) is 3. The molecule has 0 aliphatic heterocycles. The Hall–Kier alpha value is -1.75. The number of fused-ring (bicyclic) bond motifs is 1. The average Bonchev–Trinajstić information content (AvgIpc) is 2.67. The minimum atomic E-state index is 0.907. The first-order chi connectivity index (χ1) is 8.25. The van der Waals surface area contributed by atoms with Crippen LogP contribution in [0, 0.1) is 0 Å². The number of nitrogens with zero attached hydrogens (tertiary/aromatic N) is 4. The molecule has 0 bridgehead atoms. The van der Waals surface area contributed by atoms with Crippen LogP contribution < -0.4 is 0 Å². The molecule has 0 N–H and O–H groups in total. The molecule has 0 aliphatic rings. The van der Waals surface area contributed by atoms with Crippen molar-refractivity contribution in [2.75, 3.05) is 0 Å². The molecule has 2 heterocycles. The molecule has 4 nitrogen and oxygen atoms in total. The van der Waals surface area contributed by atoms with Crippen LogP contribution in [0.5, 0.6) is 0 Å². The normalized spacial score (nSPS) is 10.9. The number of hydrogen-bond donors (Lipinski definition) is 0. The molecule has 0 saturated carbocycles. The van der Waals surface area contributed by atoms with Crippen molar-refractivity contribution in [3.05, 3.63) is 41.4 Å². The van der Waals surface area contributed by atoms with Gasteiger partial charge in [0.2, 0.25) is 0 Å². The highest BCUT2D eigenvalue weighted by Crippen LogP contribution is 2.28. The largest absolute Gasteiger partial charge is 0.267 e. The number of aromatic nitrogens is 4. The van der Waals surface area contributed by atoms with Gasteiger partial charge in [-0.1, -0.05) is 15.9 Å². The maximum Gasteiger partial charge on any atom is 0.115 e. The Labute approximate surface area is 106 Å². The van der Waals surface area contributed by atoms with Crippen molar-refractivity contribution in [2.24, 2.45) is 7.05 Å². The lowest BCUT2D eigenvalue weighted by Crippen LogP contribution is -1.89. The first-order valence-electron chi connectivity index (χ1n) is 5.13. The molecule has 84 valence electrons. The van der Waals surface area contributed by atoms with Gasteiger partial charge in [0, 0.05) is 34.9 Å². The number of halogens is 1. The predicted molar refractivity (Wildman–Crippen MR) is 69.4 cm³/mol. The molecule has 0 atom stereocenters. The van der Waals surface area contributed by atoms with Crippen molar-refractivity contribution < 1.29 is 0 Å². The maximum atomic E-state index is 4.52. The molecule has 3 rings (SSSR count). The molecular formula is C12H9BrN4. The van der Waals surface area contributed by atoms with E-state index in [9.17, 15) is 0 Å². The van der Waals surface area contributed by atoms with Crippen molar-refractivity contribution in [3.63, 3.8) is 0 Å². The van der Waals surface area contributed by atoms with Gasteiger partial charge < -0.3 is 0 Å². The fraction of sp³-hybridized carbons (Fsp3) is 0.0833. The van der Waals surface area contributed by atoms with Gasteiger partial charge in [0.05, 0.1) is 5.52 Å². The Morgan fingerprint density at radius 2 is 1.94 bits per heavy atom. The van der Waals surface area contributed by atoms with Gasteiger partial charge in [-0.25, -0.2) is 9.97 Å².